The van der Waals surface area contributed by atoms with E-state index in [1.165, 1.54) is 36.8 Å². The summed E-state index contributed by atoms with van der Waals surface area (Å²) in [7, 11) is 0. The molecule has 0 aromatic carbocycles. The lowest BCUT2D eigenvalue weighted by Crippen LogP contribution is -2.07. The van der Waals surface area contributed by atoms with Gasteiger partial charge in [-0.25, -0.2) is 0 Å². The number of hydrogen-bond donors (Lipinski definition) is 0. The normalized spacial score (nSPS) is 15.8. The Bertz CT molecular complexity index is 228. The number of rotatable bonds is 7. The SMILES string of the molecule is CC=C(C)CCC(C)C(C)CCC=C(C)C. The Morgan fingerprint density at radius 3 is 2.06 bits per heavy atom. The van der Waals surface area contributed by atoms with Gasteiger partial charge < -0.3 is 0 Å². The van der Waals surface area contributed by atoms with Gasteiger partial charge in [0.15, 0.2) is 0 Å². The van der Waals surface area contributed by atoms with Crippen molar-refractivity contribution in [1.82, 2.24) is 0 Å². The first-order valence-electron chi connectivity index (χ1n) is 6.72. The summed E-state index contributed by atoms with van der Waals surface area (Å²) >= 11 is 0. The molecule has 2 atom stereocenters. The second kappa shape index (κ2) is 8.61. The van der Waals surface area contributed by atoms with E-state index in [9.17, 15) is 0 Å². The van der Waals surface area contributed by atoms with Crippen LogP contribution in [-0.2, 0) is 0 Å². The van der Waals surface area contributed by atoms with Crippen LogP contribution in [0.5, 0.6) is 0 Å². The highest BCUT2D eigenvalue weighted by Crippen LogP contribution is 2.23. The van der Waals surface area contributed by atoms with E-state index in [4.69, 9.17) is 0 Å². The third-order valence-corrected chi connectivity index (χ3v) is 3.63. The average Bonchev–Trinajstić information content (AvgIpc) is 2.24. The van der Waals surface area contributed by atoms with Crippen molar-refractivity contribution in [3.8, 4) is 0 Å². The lowest BCUT2D eigenvalue weighted by Gasteiger charge is -2.19. The Morgan fingerprint density at radius 1 is 1.00 bits per heavy atom. The van der Waals surface area contributed by atoms with Crippen molar-refractivity contribution in [2.24, 2.45) is 11.8 Å². The summed E-state index contributed by atoms with van der Waals surface area (Å²) in [6.45, 7) is 13.5. The van der Waals surface area contributed by atoms with Crippen molar-refractivity contribution in [3.05, 3.63) is 23.3 Å². The summed E-state index contributed by atoms with van der Waals surface area (Å²) in [6.07, 6.45) is 9.79. The van der Waals surface area contributed by atoms with E-state index in [1.54, 1.807) is 0 Å². The Balaban J connectivity index is 3.81. The maximum Gasteiger partial charge on any atom is -0.0321 e. The zero-order valence-electron chi connectivity index (χ0n) is 12.1. The molecule has 0 rings (SSSR count). The van der Waals surface area contributed by atoms with E-state index in [0.717, 1.165) is 11.8 Å². The molecule has 0 aliphatic rings. The predicted molar refractivity (Wildman–Crippen MR) is 75.7 cm³/mol. The van der Waals surface area contributed by atoms with Crippen LogP contribution in [-0.4, -0.2) is 0 Å². The van der Waals surface area contributed by atoms with Gasteiger partial charge in [-0.3, -0.25) is 0 Å². The minimum atomic E-state index is 0.847. The van der Waals surface area contributed by atoms with E-state index >= 15 is 0 Å². The quantitative estimate of drug-likeness (QED) is 0.481. The summed E-state index contributed by atoms with van der Waals surface area (Å²) in [5, 5.41) is 0. The largest absolute Gasteiger partial charge is 0.0887 e. The van der Waals surface area contributed by atoms with Gasteiger partial charge in [0.25, 0.3) is 0 Å². The highest BCUT2D eigenvalue weighted by atomic mass is 14.2. The first-order chi connectivity index (χ1) is 7.47. The molecule has 0 radical (unpaired) electrons. The standard InChI is InChI=1S/C16H30/c1-7-14(4)11-12-16(6)15(5)10-8-9-13(2)3/h7,9,15-16H,8,10-12H2,1-6H3. The number of allylic oxidation sites excluding steroid dienone is 4. The van der Waals surface area contributed by atoms with Crippen LogP contribution in [0.1, 0.15) is 67.2 Å². The molecule has 0 bridgehead atoms. The predicted octanol–water partition coefficient (Wildman–Crippen LogP) is 5.75. The third kappa shape index (κ3) is 7.73. The molecule has 2 unspecified atom stereocenters. The Morgan fingerprint density at radius 2 is 1.56 bits per heavy atom. The molecule has 0 saturated carbocycles. The summed E-state index contributed by atoms with van der Waals surface area (Å²) in [4.78, 5) is 0. The van der Waals surface area contributed by atoms with E-state index < -0.39 is 0 Å². The topological polar surface area (TPSA) is 0 Å². The minimum absolute atomic E-state index is 0.847. The van der Waals surface area contributed by atoms with Gasteiger partial charge in [0.05, 0.1) is 0 Å². The van der Waals surface area contributed by atoms with E-state index in [2.05, 4.69) is 53.7 Å². The molecule has 0 nitrogen and oxygen atoms in total. The van der Waals surface area contributed by atoms with Crippen molar-refractivity contribution in [2.45, 2.75) is 67.2 Å². The molecule has 0 fully saturated rings. The highest BCUT2D eigenvalue weighted by molar-refractivity contribution is 4.96. The molecule has 0 N–H and O–H groups in total. The first kappa shape index (κ1) is 15.5. The summed E-state index contributed by atoms with van der Waals surface area (Å²) in [6, 6.07) is 0. The molecule has 0 aliphatic heterocycles. The van der Waals surface area contributed by atoms with Gasteiger partial charge in [0.2, 0.25) is 0 Å². The Kier molecular flexibility index (Phi) is 8.33. The average molecular weight is 222 g/mol. The monoisotopic (exact) mass is 222 g/mol. The van der Waals surface area contributed by atoms with Crippen LogP contribution in [0.2, 0.25) is 0 Å². The summed E-state index contributed by atoms with van der Waals surface area (Å²) in [5.74, 6) is 1.70. The van der Waals surface area contributed by atoms with Crippen molar-refractivity contribution < 1.29 is 0 Å². The molecule has 16 heavy (non-hydrogen) atoms. The second-order valence-corrected chi connectivity index (χ2v) is 5.49. The highest BCUT2D eigenvalue weighted by Gasteiger charge is 2.11. The molecule has 0 aromatic rings. The van der Waals surface area contributed by atoms with Crippen molar-refractivity contribution in [3.63, 3.8) is 0 Å². The lowest BCUT2D eigenvalue weighted by molar-refractivity contribution is 0.346. The smallest absolute Gasteiger partial charge is 0.0321 e. The molecule has 0 heterocycles. The van der Waals surface area contributed by atoms with Crippen LogP contribution < -0.4 is 0 Å². The van der Waals surface area contributed by atoms with Crippen LogP contribution in [0.4, 0.5) is 0 Å². The molecule has 94 valence electrons. The first-order valence-corrected chi connectivity index (χ1v) is 6.72. The molecule has 0 aliphatic carbocycles. The van der Waals surface area contributed by atoms with Gasteiger partial charge in [0.1, 0.15) is 0 Å². The fourth-order valence-corrected chi connectivity index (χ4v) is 1.80. The molecule has 0 amide bonds. The second-order valence-electron chi connectivity index (χ2n) is 5.49. The zero-order chi connectivity index (χ0) is 12.6. The van der Waals surface area contributed by atoms with Gasteiger partial charge in [-0.15, -0.1) is 0 Å². The number of hydrogen-bond acceptors (Lipinski definition) is 0. The van der Waals surface area contributed by atoms with Crippen LogP contribution in [0.15, 0.2) is 23.3 Å². The van der Waals surface area contributed by atoms with Crippen molar-refractivity contribution in [1.29, 1.82) is 0 Å². The molecular weight excluding hydrogens is 192 g/mol. The van der Waals surface area contributed by atoms with Gasteiger partial charge in [0, 0.05) is 0 Å². The van der Waals surface area contributed by atoms with Crippen molar-refractivity contribution >= 4 is 0 Å². The van der Waals surface area contributed by atoms with Gasteiger partial charge in [-0.1, -0.05) is 37.1 Å². The molecule has 0 heteroatoms. The van der Waals surface area contributed by atoms with Gasteiger partial charge in [-0.05, 0) is 65.2 Å². The lowest BCUT2D eigenvalue weighted by atomic mass is 9.87. The Hall–Kier alpha value is -0.520. The van der Waals surface area contributed by atoms with Crippen LogP contribution >= 0.6 is 0 Å². The maximum absolute atomic E-state index is 2.40. The zero-order valence-corrected chi connectivity index (χ0v) is 12.1. The molecular formula is C16H30. The third-order valence-electron chi connectivity index (χ3n) is 3.63. The van der Waals surface area contributed by atoms with Crippen LogP contribution in [0.3, 0.4) is 0 Å². The fourth-order valence-electron chi connectivity index (χ4n) is 1.80. The van der Waals surface area contributed by atoms with Gasteiger partial charge >= 0.3 is 0 Å². The maximum atomic E-state index is 2.40. The Labute approximate surface area is 103 Å². The summed E-state index contributed by atoms with van der Waals surface area (Å²) in [5.41, 5.74) is 2.98. The van der Waals surface area contributed by atoms with E-state index in [0.29, 0.717) is 0 Å². The molecule has 0 spiro atoms. The minimum Gasteiger partial charge on any atom is -0.0887 e. The molecule has 0 aromatic heterocycles. The van der Waals surface area contributed by atoms with Gasteiger partial charge in [-0.2, -0.15) is 0 Å². The van der Waals surface area contributed by atoms with Crippen LogP contribution in [0.25, 0.3) is 0 Å². The van der Waals surface area contributed by atoms with E-state index in [-0.39, 0.29) is 0 Å². The molecule has 0 saturated heterocycles. The van der Waals surface area contributed by atoms with Crippen LogP contribution in [0, 0.1) is 11.8 Å². The van der Waals surface area contributed by atoms with Crippen molar-refractivity contribution in [2.75, 3.05) is 0 Å². The summed E-state index contributed by atoms with van der Waals surface area (Å²) < 4.78 is 0. The fraction of sp³-hybridized carbons (Fsp3) is 0.750. The van der Waals surface area contributed by atoms with E-state index in [1.807, 2.05) is 0 Å².